The molecule has 42 heavy (non-hydrogen) atoms. The molecule has 4 aromatic carbocycles. The minimum atomic E-state index is 1.08. The Morgan fingerprint density at radius 2 is 0.762 bits per heavy atom. The molecule has 6 heteroatoms. The largest absolute Gasteiger partial charge is 0.344 e. The predicted molar refractivity (Wildman–Crippen MR) is 179 cm³/mol. The first-order valence-corrected chi connectivity index (χ1v) is 15.3. The van der Waals surface area contributed by atoms with Crippen molar-refractivity contribution in [3.05, 3.63) is 155 Å². The fourth-order valence-electron chi connectivity index (χ4n) is 4.95. The average Bonchev–Trinajstić information content (AvgIpc) is 3.05. The number of pyridine rings is 2. The third kappa shape index (κ3) is 6.15. The number of halogens is 2. The van der Waals surface area contributed by atoms with Crippen molar-refractivity contribution in [3.63, 3.8) is 0 Å². The quantitative estimate of drug-likeness (QED) is 0.157. The van der Waals surface area contributed by atoms with Crippen molar-refractivity contribution in [2.75, 3.05) is 23.9 Å². The molecule has 0 saturated carbocycles. The van der Waals surface area contributed by atoms with E-state index < -0.39 is 0 Å². The van der Waals surface area contributed by atoms with Crippen LogP contribution in [0, 0.1) is 0 Å². The van der Waals surface area contributed by atoms with Crippen LogP contribution in [-0.4, -0.2) is 14.1 Å². The van der Waals surface area contributed by atoms with Gasteiger partial charge in [0.1, 0.15) is 0 Å². The molecule has 0 radical (unpaired) electrons. The number of rotatable bonds is 7. The van der Waals surface area contributed by atoms with Crippen LogP contribution in [0.25, 0.3) is 22.5 Å². The van der Waals surface area contributed by atoms with E-state index in [4.69, 9.17) is 0 Å². The molecule has 4 nitrogen and oxygen atoms in total. The highest BCUT2D eigenvalue weighted by molar-refractivity contribution is 9.10. The molecule has 6 aromatic rings. The molecule has 0 unspecified atom stereocenters. The van der Waals surface area contributed by atoms with Crippen LogP contribution in [0.15, 0.2) is 155 Å². The van der Waals surface area contributed by atoms with Crippen LogP contribution >= 0.6 is 31.9 Å². The first-order chi connectivity index (χ1) is 20.4. The maximum atomic E-state index is 3.52. The van der Waals surface area contributed by atoms with Gasteiger partial charge in [0, 0.05) is 82.9 Å². The predicted octanol–water partition coefficient (Wildman–Crippen LogP) is 8.97. The van der Waals surface area contributed by atoms with E-state index in [1.54, 1.807) is 0 Å². The number of nitrogens with zero attached hydrogens (tertiary/aromatic N) is 4. The smallest absolute Gasteiger partial charge is 0.211 e. The maximum absolute atomic E-state index is 3.52. The molecule has 2 aromatic heterocycles. The lowest BCUT2D eigenvalue weighted by molar-refractivity contribution is -0.595. The highest BCUT2D eigenvalue weighted by Gasteiger charge is 2.13. The Kier molecular flexibility index (Phi) is 8.17. The second-order valence-corrected chi connectivity index (χ2v) is 11.9. The van der Waals surface area contributed by atoms with Gasteiger partial charge in [-0.15, -0.1) is 0 Å². The third-order valence-corrected chi connectivity index (χ3v) is 8.51. The number of hydrogen-bond donors (Lipinski definition) is 0. The normalized spacial score (nSPS) is 10.9. The van der Waals surface area contributed by atoms with E-state index in [9.17, 15) is 0 Å². The van der Waals surface area contributed by atoms with Crippen molar-refractivity contribution in [2.45, 2.75) is 0 Å². The van der Waals surface area contributed by atoms with Crippen molar-refractivity contribution in [2.24, 2.45) is 0 Å². The SMILES string of the molecule is CN(c1ccc(Br)cc1)c1cc[n+](-c2cccc(-c3cccc(-[n+]4ccc(N(C)c5ccc(Br)cc5)cc4)c3)c2)cc1. The van der Waals surface area contributed by atoms with Crippen molar-refractivity contribution in [3.8, 4) is 22.5 Å². The van der Waals surface area contributed by atoms with Crippen LogP contribution in [0.5, 0.6) is 0 Å². The minimum absolute atomic E-state index is 1.08. The molecule has 0 aliphatic carbocycles. The van der Waals surface area contributed by atoms with E-state index in [1.165, 1.54) is 11.1 Å². The summed E-state index contributed by atoms with van der Waals surface area (Å²) in [4.78, 5) is 4.36. The van der Waals surface area contributed by atoms with E-state index >= 15 is 0 Å². The molecule has 0 N–H and O–H groups in total. The standard InChI is InChI=1S/C36H30Br2N4/c1-39(31-13-9-29(37)10-14-31)33-17-21-41(22-18-33)35-7-3-5-27(25-35)28-6-4-8-36(26-28)42-23-19-34(20-24-42)40(2)32-15-11-30(38)12-16-32/h3-26H,1-2H3/q+2. The molecule has 2 heterocycles. The van der Waals surface area contributed by atoms with Gasteiger partial charge in [0.05, 0.1) is 11.4 Å². The first-order valence-electron chi connectivity index (χ1n) is 13.7. The monoisotopic (exact) mass is 676 g/mol. The molecule has 0 aliphatic rings. The molecule has 0 fully saturated rings. The zero-order valence-electron chi connectivity index (χ0n) is 23.4. The third-order valence-electron chi connectivity index (χ3n) is 7.45. The number of benzene rings is 4. The van der Waals surface area contributed by atoms with Crippen LogP contribution in [0.1, 0.15) is 0 Å². The second kappa shape index (κ2) is 12.3. The van der Waals surface area contributed by atoms with E-state index in [1.807, 2.05) is 0 Å². The molecule has 6 rings (SSSR count). The van der Waals surface area contributed by atoms with E-state index in [-0.39, 0.29) is 0 Å². The molecule has 0 saturated heterocycles. The van der Waals surface area contributed by atoms with Crippen LogP contribution in [0.2, 0.25) is 0 Å². The Balaban J connectivity index is 1.21. The Hall–Kier alpha value is -4.26. The summed E-state index contributed by atoms with van der Waals surface area (Å²) in [7, 11) is 4.17. The zero-order chi connectivity index (χ0) is 29.1. The van der Waals surface area contributed by atoms with E-state index in [2.05, 4.69) is 211 Å². The second-order valence-electron chi connectivity index (χ2n) is 10.1. The van der Waals surface area contributed by atoms with Gasteiger partial charge >= 0.3 is 0 Å². The lowest BCUT2D eigenvalue weighted by Gasteiger charge is -2.18. The summed E-state index contributed by atoms with van der Waals surface area (Å²) in [6.45, 7) is 0. The van der Waals surface area contributed by atoms with Gasteiger partial charge in [-0.05, 0) is 59.7 Å². The van der Waals surface area contributed by atoms with Gasteiger partial charge in [0.2, 0.25) is 11.4 Å². The Labute approximate surface area is 264 Å². The van der Waals surface area contributed by atoms with Crippen molar-refractivity contribution in [1.82, 2.24) is 0 Å². The number of anilines is 4. The molecule has 206 valence electrons. The zero-order valence-corrected chi connectivity index (χ0v) is 26.6. The molecule has 0 spiro atoms. The molecule has 0 aliphatic heterocycles. The Morgan fingerprint density at radius 1 is 0.429 bits per heavy atom. The number of aromatic nitrogens is 2. The summed E-state index contributed by atoms with van der Waals surface area (Å²) in [5, 5.41) is 0. The van der Waals surface area contributed by atoms with Gasteiger partial charge in [-0.2, -0.15) is 9.13 Å². The van der Waals surface area contributed by atoms with Gasteiger partial charge in [-0.1, -0.05) is 56.1 Å². The van der Waals surface area contributed by atoms with Crippen LogP contribution in [-0.2, 0) is 0 Å². The van der Waals surface area contributed by atoms with Gasteiger partial charge in [0.15, 0.2) is 24.8 Å². The summed E-state index contributed by atoms with van der Waals surface area (Å²) >= 11 is 7.03. The topological polar surface area (TPSA) is 14.2 Å². The van der Waals surface area contributed by atoms with Crippen molar-refractivity contribution in [1.29, 1.82) is 0 Å². The van der Waals surface area contributed by atoms with Crippen LogP contribution < -0.4 is 18.9 Å². The van der Waals surface area contributed by atoms with Gasteiger partial charge in [-0.3, -0.25) is 0 Å². The first kappa shape index (κ1) is 27.9. The summed E-state index contributed by atoms with van der Waals surface area (Å²) < 4.78 is 6.46. The van der Waals surface area contributed by atoms with Crippen LogP contribution in [0.3, 0.4) is 0 Å². The Morgan fingerprint density at radius 3 is 1.12 bits per heavy atom. The minimum Gasteiger partial charge on any atom is -0.344 e. The van der Waals surface area contributed by atoms with E-state index in [0.29, 0.717) is 0 Å². The summed E-state index contributed by atoms with van der Waals surface area (Å²) in [5.74, 6) is 0. The lowest BCUT2D eigenvalue weighted by Crippen LogP contribution is -2.30. The maximum Gasteiger partial charge on any atom is 0.211 e. The molecule has 0 amide bonds. The van der Waals surface area contributed by atoms with E-state index in [0.717, 1.165) is 43.1 Å². The number of hydrogen-bond acceptors (Lipinski definition) is 2. The summed E-state index contributed by atoms with van der Waals surface area (Å²) in [6, 6.07) is 42.6. The van der Waals surface area contributed by atoms with Gasteiger partial charge < -0.3 is 9.80 Å². The molecular formula is C36H30Br2N4+2. The fraction of sp³-hybridized carbons (Fsp3) is 0.0556. The van der Waals surface area contributed by atoms with Gasteiger partial charge in [-0.25, -0.2) is 0 Å². The summed E-state index contributed by atoms with van der Waals surface area (Å²) in [6.07, 6.45) is 8.46. The molecule has 0 atom stereocenters. The molecule has 0 bridgehead atoms. The lowest BCUT2D eigenvalue weighted by atomic mass is 10.0. The Bertz CT molecular complexity index is 1660. The van der Waals surface area contributed by atoms with Crippen molar-refractivity contribution >= 4 is 54.6 Å². The highest BCUT2D eigenvalue weighted by Crippen LogP contribution is 2.27. The summed E-state index contributed by atoms with van der Waals surface area (Å²) in [5.41, 5.74) is 9.11. The van der Waals surface area contributed by atoms with Crippen molar-refractivity contribution < 1.29 is 9.13 Å². The highest BCUT2D eigenvalue weighted by atomic mass is 79.9. The van der Waals surface area contributed by atoms with Gasteiger partial charge in [0.25, 0.3) is 0 Å². The molecular weight excluding hydrogens is 648 g/mol. The fourth-order valence-corrected chi connectivity index (χ4v) is 5.48. The van der Waals surface area contributed by atoms with Crippen LogP contribution in [0.4, 0.5) is 22.7 Å². The average molecular weight is 678 g/mol.